The van der Waals surface area contributed by atoms with Crippen LogP contribution in [-0.2, 0) is 4.79 Å². The summed E-state index contributed by atoms with van der Waals surface area (Å²) in [5.41, 5.74) is 8.73. The Morgan fingerprint density at radius 1 is 1.56 bits per heavy atom. The van der Waals surface area contributed by atoms with Crippen molar-refractivity contribution >= 4 is 17.7 Å². The maximum atomic E-state index is 11.5. The molecule has 0 bridgehead atoms. The predicted octanol–water partition coefficient (Wildman–Crippen LogP) is -0.426. The largest absolute Gasteiger partial charge is 0.384 e. The Labute approximate surface area is 106 Å². The zero-order chi connectivity index (χ0) is 13.1. The van der Waals surface area contributed by atoms with E-state index in [0.717, 1.165) is 25.1 Å². The van der Waals surface area contributed by atoms with Crippen LogP contribution in [0.2, 0.25) is 0 Å². The first kappa shape index (κ1) is 12.6. The second-order valence-corrected chi connectivity index (χ2v) is 4.53. The van der Waals surface area contributed by atoms with Crippen LogP contribution in [0.1, 0.15) is 18.5 Å². The first-order valence-electron chi connectivity index (χ1n) is 5.96. The van der Waals surface area contributed by atoms with Crippen LogP contribution in [0.25, 0.3) is 0 Å². The summed E-state index contributed by atoms with van der Waals surface area (Å²) in [7, 11) is 0. The van der Waals surface area contributed by atoms with Gasteiger partial charge in [0.15, 0.2) is 0 Å². The molecule has 18 heavy (non-hydrogen) atoms. The number of rotatable bonds is 2. The molecular formula is C11H18N6O. The van der Waals surface area contributed by atoms with Gasteiger partial charge >= 0.3 is 0 Å². The van der Waals surface area contributed by atoms with E-state index in [1.54, 1.807) is 6.07 Å². The van der Waals surface area contributed by atoms with Gasteiger partial charge in [0, 0.05) is 24.8 Å². The first-order chi connectivity index (χ1) is 8.60. The van der Waals surface area contributed by atoms with Crippen molar-refractivity contribution in [3.05, 3.63) is 11.8 Å². The third-order valence-corrected chi connectivity index (χ3v) is 3.08. The van der Waals surface area contributed by atoms with E-state index in [0.29, 0.717) is 18.3 Å². The van der Waals surface area contributed by atoms with Gasteiger partial charge in [-0.3, -0.25) is 10.2 Å². The van der Waals surface area contributed by atoms with Crippen molar-refractivity contribution in [2.75, 3.05) is 23.7 Å². The molecule has 1 amide bonds. The molecule has 1 saturated heterocycles. The van der Waals surface area contributed by atoms with E-state index in [-0.39, 0.29) is 11.8 Å². The van der Waals surface area contributed by atoms with Crippen molar-refractivity contribution in [3.8, 4) is 0 Å². The number of nitrogen functional groups attached to an aromatic ring is 1. The molecule has 1 unspecified atom stereocenters. The lowest BCUT2D eigenvalue weighted by Gasteiger charge is -2.31. The summed E-state index contributed by atoms with van der Waals surface area (Å²) in [6, 6.07) is 1.72. The average molecular weight is 250 g/mol. The Morgan fingerprint density at radius 3 is 3.00 bits per heavy atom. The Balaban J connectivity index is 2.15. The van der Waals surface area contributed by atoms with Gasteiger partial charge in [0.1, 0.15) is 5.82 Å². The number of nitrogens with one attached hydrogen (secondary N) is 1. The number of nitrogens with two attached hydrogens (primary N) is 2. The molecule has 5 N–H and O–H groups in total. The first-order valence-corrected chi connectivity index (χ1v) is 5.96. The SMILES string of the molecule is Cc1cc(N)nc(N2CCCC(C(=O)NN)C2)n1. The average Bonchev–Trinajstić information content (AvgIpc) is 2.37. The van der Waals surface area contributed by atoms with Crippen LogP contribution in [-0.4, -0.2) is 29.0 Å². The van der Waals surface area contributed by atoms with E-state index in [1.807, 2.05) is 11.8 Å². The van der Waals surface area contributed by atoms with Crippen LogP contribution in [0, 0.1) is 12.8 Å². The third-order valence-electron chi connectivity index (χ3n) is 3.08. The number of amides is 1. The highest BCUT2D eigenvalue weighted by Gasteiger charge is 2.26. The third kappa shape index (κ3) is 2.67. The maximum absolute atomic E-state index is 11.5. The topological polar surface area (TPSA) is 110 Å². The standard InChI is InChI=1S/C11H18N6O/c1-7-5-9(12)15-11(14-7)17-4-2-3-8(6-17)10(18)16-13/h5,8H,2-4,6,13H2,1H3,(H,16,18)(H2,12,14,15). The molecule has 1 atom stereocenters. The number of aryl methyl sites for hydroxylation is 1. The fraction of sp³-hybridized carbons (Fsp3) is 0.545. The number of aromatic nitrogens is 2. The Hall–Kier alpha value is -1.89. The molecule has 98 valence electrons. The number of anilines is 2. The summed E-state index contributed by atoms with van der Waals surface area (Å²) < 4.78 is 0. The molecule has 2 heterocycles. The molecule has 7 heteroatoms. The minimum atomic E-state index is -0.139. The molecule has 0 saturated carbocycles. The van der Waals surface area contributed by atoms with E-state index >= 15 is 0 Å². The summed E-state index contributed by atoms with van der Waals surface area (Å²) in [4.78, 5) is 22.1. The van der Waals surface area contributed by atoms with E-state index in [4.69, 9.17) is 11.6 Å². The van der Waals surface area contributed by atoms with E-state index < -0.39 is 0 Å². The lowest BCUT2D eigenvalue weighted by atomic mass is 9.98. The maximum Gasteiger partial charge on any atom is 0.238 e. The normalized spacial score (nSPS) is 19.7. The van der Waals surface area contributed by atoms with Crippen LogP contribution >= 0.6 is 0 Å². The molecule has 0 spiro atoms. The second-order valence-electron chi connectivity index (χ2n) is 4.53. The summed E-state index contributed by atoms with van der Waals surface area (Å²) in [6.45, 7) is 3.28. The lowest BCUT2D eigenvalue weighted by molar-refractivity contribution is -0.125. The van der Waals surface area contributed by atoms with Gasteiger partial charge in [-0.25, -0.2) is 10.8 Å². The van der Waals surface area contributed by atoms with Crippen LogP contribution < -0.4 is 21.9 Å². The second kappa shape index (κ2) is 5.18. The highest BCUT2D eigenvalue weighted by atomic mass is 16.2. The van der Waals surface area contributed by atoms with Crippen molar-refractivity contribution < 1.29 is 4.79 Å². The highest BCUT2D eigenvalue weighted by Crippen LogP contribution is 2.21. The van der Waals surface area contributed by atoms with Crippen molar-refractivity contribution in [2.24, 2.45) is 11.8 Å². The fourth-order valence-corrected chi connectivity index (χ4v) is 2.21. The Bertz CT molecular complexity index is 429. The summed E-state index contributed by atoms with van der Waals surface area (Å²) >= 11 is 0. The minimum Gasteiger partial charge on any atom is -0.384 e. The number of hydrazine groups is 1. The number of hydrogen-bond acceptors (Lipinski definition) is 6. The smallest absolute Gasteiger partial charge is 0.238 e. The van der Waals surface area contributed by atoms with Gasteiger partial charge < -0.3 is 10.6 Å². The number of hydrogen-bond donors (Lipinski definition) is 3. The van der Waals surface area contributed by atoms with Gasteiger partial charge in [0.2, 0.25) is 11.9 Å². The molecule has 7 nitrogen and oxygen atoms in total. The molecule has 1 aromatic rings. The summed E-state index contributed by atoms with van der Waals surface area (Å²) in [6.07, 6.45) is 1.75. The van der Waals surface area contributed by atoms with Crippen LogP contribution in [0.15, 0.2) is 6.07 Å². The van der Waals surface area contributed by atoms with Gasteiger partial charge in [-0.15, -0.1) is 0 Å². The van der Waals surface area contributed by atoms with Crippen molar-refractivity contribution in [2.45, 2.75) is 19.8 Å². The number of nitrogens with zero attached hydrogens (tertiary/aromatic N) is 3. The molecular weight excluding hydrogens is 232 g/mol. The predicted molar refractivity (Wildman–Crippen MR) is 68.4 cm³/mol. The van der Waals surface area contributed by atoms with E-state index in [1.165, 1.54) is 0 Å². The van der Waals surface area contributed by atoms with Crippen LogP contribution in [0.4, 0.5) is 11.8 Å². The molecule has 0 aromatic carbocycles. The summed E-state index contributed by atoms with van der Waals surface area (Å²) in [5.74, 6) is 5.94. The molecule has 0 radical (unpaired) electrons. The Kier molecular flexibility index (Phi) is 3.61. The Morgan fingerprint density at radius 2 is 2.33 bits per heavy atom. The van der Waals surface area contributed by atoms with Crippen molar-refractivity contribution in [1.82, 2.24) is 15.4 Å². The molecule has 2 rings (SSSR count). The zero-order valence-electron chi connectivity index (χ0n) is 10.4. The molecule has 1 fully saturated rings. The van der Waals surface area contributed by atoms with Gasteiger partial charge in [-0.1, -0.05) is 0 Å². The minimum absolute atomic E-state index is 0.117. The zero-order valence-corrected chi connectivity index (χ0v) is 10.4. The molecule has 1 aliphatic rings. The van der Waals surface area contributed by atoms with Crippen molar-refractivity contribution in [1.29, 1.82) is 0 Å². The highest BCUT2D eigenvalue weighted by molar-refractivity contribution is 5.78. The van der Waals surface area contributed by atoms with Gasteiger partial charge in [0.05, 0.1) is 5.92 Å². The van der Waals surface area contributed by atoms with Crippen LogP contribution in [0.5, 0.6) is 0 Å². The summed E-state index contributed by atoms with van der Waals surface area (Å²) in [5, 5.41) is 0. The molecule has 1 aromatic heterocycles. The quantitative estimate of drug-likeness (QED) is 0.373. The number of carbonyl (C=O) groups excluding carboxylic acids is 1. The number of carbonyl (C=O) groups is 1. The van der Waals surface area contributed by atoms with Crippen LogP contribution in [0.3, 0.4) is 0 Å². The lowest BCUT2D eigenvalue weighted by Crippen LogP contribution is -2.45. The van der Waals surface area contributed by atoms with Gasteiger partial charge in [-0.2, -0.15) is 4.98 Å². The van der Waals surface area contributed by atoms with Crippen molar-refractivity contribution in [3.63, 3.8) is 0 Å². The number of piperidine rings is 1. The van der Waals surface area contributed by atoms with Gasteiger partial charge in [0.25, 0.3) is 0 Å². The fourth-order valence-electron chi connectivity index (χ4n) is 2.21. The monoisotopic (exact) mass is 250 g/mol. The van der Waals surface area contributed by atoms with E-state index in [2.05, 4.69) is 15.4 Å². The van der Waals surface area contributed by atoms with E-state index in [9.17, 15) is 4.79 Å². The molecule has 0 aliphatic carbocycles. The van der Waals surface area contributed by atoms with Gasteiger partial charge in [-0.05, 0) is 19.8 Å². The molecule has 1 aliphatic heterocycles.